The van der Waals surface area contributed by atoms with Crippen molar-refractivity contribution in [3.05, 3.63) is 71.0 Å². The zero-order chi connectivity index (χ0) is 15.1. The van der Waals surface area contributed by atoms with Crippen LogP contribution in [0.15, 0.2) is 48.5 Å². The van der Waals surface area contributed by atoms with Crippen LogP contribution in [0.25, 0.3) is 0 Å². The average Bonchev–Trinajstić information content (AvgIpc) is 2.53. The summed E-state index contributed by atoms with van der Waals surface area (Å²) < 4.78 is 12.9. The Morgan fingerprint density at radius 2 is 1.52 bits per heavy atom. The third-order valence-electron chi connectivity index (χ3n) is 3.92. The van der Waals surface area contributed by atoms with E-state index in [0.29, 0.717) is 6.04 Å². The molecule has 0 radical (unpaired) electrons. The fraction of sp³-hybridized carbons (Fsp3) is 0.368. The summed E-state index contributed by atoms with van der Waals surface area (Å²) in [6, 6.07) is 16.0. The van der Waals surface area contributed by atoms with Crippen LogP contribution in [0.1, 0.15) is 43.0 Å². The highest BCUT2D eigenvalue weighted by Gasteiger charge is 2.08. The van der Waals surface area contributed by atoms with Crippen molar-refractivity contribution in [3.63, 3.8) is 0 Å². The minimum absolute atomic E-state index is 0.172. The minimum Gasteiger partial charge on any atom is -0.310 e. The van der Waals surface area contributed by atoms with Gasteiger partial charge in [0, 0.05) is 6.04 Å². The van der Waals surface area contributed by atoms with Crippen LogP contribution in [0.2, 0.25) is 0 Å². The van der Waals surface area contributed by atoms with E-state index in [1.807, 2.05) is 12.1 Å². The SMILES string of the molecule is CCc1ccc(C(CC)NCCc2ccc(F)cc2)cc1. The molecule has 0 heterocycles. The molecule has 2 rings (SSSR count). The number of hydrogen-bond acceptors (Lipinski definition) is 1. The van der Waals surface area contributed by atoms with E-state index >= 15 is 0 Å². The van der Waals surface area contributed by atoms with Crippen molar-refractivity contribution in [2.45, 2.75) is 39.2 Å². The van der Waals surface area contributed by atoms with Crippen LogP contribution in [-0.4, -0.2) is 6.54 Å². The molecule has 2 aromatic carbocycles. The van der Waals surface area contributed by atoms with Crippen LogP contribution in [-0.2, 0) is 12.8 Å². The molecule has 112 valence electrons. The summed E-state index contributed by atoms with van der Waals surface area (Å²) in [4.78, 5) is 0. The first-order chi connectivity index (χ1) is 10.2. The number of rotatable bonds is 7. The number of aryl methyl sites for hydroxylation is 1. The fourth-order valence-electron chi connectivity index (χ4n) is 2.53. The van der Waals surface area contributed by atoms with Gasteiger partial charge in [-0.15, -0.1) is 0 Å². The van der Waals surface area contributed by atoms with Gasteiger partial charge in [-0.05, 0) is 54.6 Å². The van der Waals surface area contributed by atoms with Crippen molar-refractivity contribution in [3.8, 4) is 0 Å². The van der Waals surface area contributed by atoms with Crippen molar-refractivity contribution in [2.24, 2.45) is 0 Å². The van der Waals surface area contributed by atoms with Gasteiger partial charge in [-0.3, -0.25) is 0 Å². The molecule has 1 atom stereocenters. The molecule has 1 nitrogen and oxygen atoms in total. The second-order valence-electron chi connectivity index (χ2n) is 5.39. The number of benzene rings is 2. The first-order valence-corrected chi connectivity index (χ1v) is 7.79. The molecule has 0 amide bonds. The topological polar surface area (TPSA) is 12.0 Å². The van der Waals surface area contributed by atoms with E-state index in [4.69, 9.17) is 0 Å². The third-order valence-corrected chi connectivity index (χ3v) is 3.92. The van der Waals surface area contributed by atoms with Gasteiger partial charge in [0.2, 0.25) is 0 Å². The lowest BCUT2D eigenvalue weighted by molar-refractivity contribution is 0.522. The highest BCUT2D eigenvalue weighted by molar-refractivity contribution is 5.25. The molecule has 1 N–H and O–H groups in total. The standard InChI is InChI=1S/C19H24FN/c1-3-15-5-9-17(10-6-15)19(4-2)21-14-13-16-7-11-18(20)12-8-16/h5-12,19,21H,3-4,13-14H2,1-2H3. The predicted molar refractivity (Wildman–Crippen MR) is 87.0 cm³/mol. The summed E-state index contributed by atoms with van der Waals surface area (Å²) >= 11 is 0. The van der Waals surface area contributed by atoms with Crippen LogP contribution >= 0.6 is 0 Å². The molecule has 1 unspecified atom stereocenters. The van der Waals surface area contributed by atoms with Crippen molar-refractivity contribution in [1.29, 1.82) is 0 Å². The summed E-state index contributed by atoms with van der Waals surface area (Å²) in [7, 11) is 0. The molecule has 21 heavy (non-hydrogen) atoms. The molecule has 0 bridgehead atoms. The van der Waals surface area contributed by atoms with Crippen molar-refractivity contribution in [2.75, 3.05) is 6.54 Å². The number of hydrogen-bond donors (Lipinski definition) is 1. The normalized spacial score (nSPS) is 12.3. The second-order valence-corrected chi connectivity index (χ2v) is 5.39. The van der Waals surface area contributed by atoms with Crippen molar-refractivity contribution < 1.29 is 4.39 Å². The lowest BCUT2D eigenvalue weighted by atomic mass is 10.0. The van der Waals surface area contributed by atoms with Crippen LogP contribution in [0.4, 0.5) is 4.39 Å². The van der Waals surface area contributed by atoms with Crippen LogP contribution < -0.4 is 5.32 Å². The zero-order valence-electron chi connectivity index (χ0n) is 12.9. The first-order valence-electron chi connectivity index (χ1n) is 7.79. The Bertz CT molecular complexity index is 530. The quantitative estimate of drug-likeness (QED) is 0.779. The van der Waals surface area contributed by atoms with Crippen molar-refractivity contribution >= 4 is 0 Å². The van der Waals surface area contributed by atoms with Crippen LogP contribution in [0.5, 0.6) is 0 Å². The Morgan fingerprint density at radius 1 is 0.905 bits per heavy atom. The summed E-state index contributed by atoms with van der Waals surface area (Å²) in [6.07, 6.45) is 3.06. The van der Waals surface area contributed by atoms with E-state index < -0.39 is 0 Å². The second kappa shape index (κ2) is 7.94. The van der Waals surface area contributed by atoms with E-state index in [0.717, 1.165) is 25.8 Å². The molecule has 2 aromatic rings. The smallest absolute Gasteiger partial charge is 0.123 e. The van der Waals surface area contributed by atoms with Gasteiger partial charge in [0.25, 0.3) is 0 Å². The average molecular weight is 285 g/mol. The summed E-state index contributed by atoms with van der Waals surface area (Å²) in [5, 5.41) is 3.59. The molecule has 0 aliphatic rings. The molecule has 0 saturated heterocycles. The Labute approximate surface area is 127 Å². The zero-order valence-corrected chi connectivity index (χ0v) is 12.9. The molecule has 0 saturated carbocycles. The Morgan fingerprint density at radius 3 is 2.10 bits per heavy atom. The van der Waals surface area contributed by atoms with E-state index in [1.54, 1.807) is 0 Å². The van der Waals surface area contributed by atoms with Gasteiger partial charge < -0.3 is 5.32 Å². The monoisotopic (exact) mass is 285 g/mol. The molecular formula is C19H24FN. The van der Waals surface area contributed by atoms with E-state index in [-0.39, 0.29) is 5.82 Å². The van der Waals surface area contributed by atoms with Gasteiger partial charge in [0.15, 0.2) is 0 Å². The Kier molecular flexibility index (Phi) is 5.94. The largest absolute Gasteiger partial charge is 0.310 e. The number of halogens is 1. The molecule has 0 spiro atoms. The van der Waals surface area contributed by atoms with E-state index in [9.17, 15) is 4.39 Å². The van der Waals surface area contributed by atoms with Gasteiger partial charge in [-0.1, -0.05) is 50.2 Å². The lowest BCUT2D eigenvalue weighted by Gasteiger charge is -2.18. The summed E-state index contributed by atoms with van der Waals surface area (Å²) in [5.74, 6) is -0.172. The maximum Gasteiger partial charge on any atom is 0.123 e. The molecule has 0 aromatic heterocycles. The minimum atomic E-state index is -0.172. The van der Waals surface area contributed by atoms with Crippen LogP contribution in [0, 0.1) is 5.82 Å². The van der Waals surface area contributed by atoms with Crippen LogP contribution in [0.3, 0.4) is 0 Å². The van der Waals surface area contributed by atoms with Gasteiger partial charge in [-0.2, -0.15) is 0 Å². The Balaban J connectivity index is 1.88. The maximum atomic E-state index is 12.9. The summed E-state index contributed by atoms with van der Waals surface area (Å²) in [5.41, 5.74) is 3.88. The fourth-order valence-corrected chi connectivity index (χ4v) is 2.53. The van der Waals surface area contributed by atoms with Gasteiger partial charge >= 0.3 is 0 Å². The third kappa shape index (κ3) is 4.68. The molecule has 0 fully saturated rings. The lowest BCUT2D eigenvalue weighted by Crippen LogP contribution is -2.23. The maximum absolute atomic E-state index is 12.9. The van der Waals surface area contributed by atoms with Gasteiger partial charge in [-0.25, -0.2) is 4.39 Å². The summed E-state index contributed by atoms with van der Waals surface area (Å²) in [6.45, 7) is 5.27. The predicted octanol–water partition coefficient (Wildman–Crippen LogP) is 4.67. The van der Waals surface area contributed by atoms with E-state index in [1.165, 1.54) is 28.8 Å². The first kappa shape index (κ1) is 15.7. The Hall–Kier alpha value is -1.67. The molecular weight excluding hydrogens is 261 g/mol. The molecule has 2 heteroatoms. The highest BCUT2D eigenvalue weighted by Crippen LogP contribution is 2.17. The highest BCUT2D eigenvalue weighted by atomic mass is 19.1. The van der Waals surface area contributed by atoms with Gasteiger partial charge in [0.05, 0.1) is 0 Å². The molecule has 0 aliphatic carbocycles. The number of nitrogens with one attached hydrogen (secondary N) is 1. The van der Waals surface area contributed by atoms with Gasteiger partial charge in [0.1, 0.15) is 5.82 Å². The van der Waals surface area contributed by atoms with Crippen molar-refractivity contribution in [1.82, 2.24) is 5.32 Å². The van der Waals surface area contributed by atoms with E-state index in [2.05, 4.69) is 43.4 Å². The molecule has 0 aliphatic heterocycles.